The molecule has 8 nitrogen and oxygen atoms in total. The molecule has 4 rings (SSSR count). The van der Waals surface area contributed by atoms with Crippen LogP contribution in [-0.2, 0) is 16.1 Å². The van der Waals surface area contributed by atoms with E-state index in [1.165, 1.54) is 0 Å². The highest BCUT2D eigenvalue weighted by Gasteiger charge is 2.42. The third kappa shape index (κ3) is 5.20. The lowest BCUT2D eigenvalue weighted by atomic mass is 9.82. The van der Waals surface area contributed by atoms with Gasteiger partial charge in [0.1, 0.15) is 23.9 Å². The van der Waals surface area contributed by atoms with Crippen molar-refractivity contribution in [1.29, 1.82) is 0 Å². The van der Waals surface area contributed by atoms with Crippen LogP contribution in [0.3, 0.4) is 0 Å². The van der Waals surface area contributed by atoms with Crippen molar-refractivity contribution in [3.8, 4) is 23.0 Å². The van der Waals surface area contributed by atoms with Gasteiger partial charge >= 0.3 is 0 Å². The van der Waals surface area contributed by atoms with Crippen molar-refractivity contribution in [2.45, 2.75) is 25.7 Å². The molecule has 0 aliphatic carbocycles. The van der Waals surface area contributed by atoms with Crippen LogP contribution in [0.25, 0.3) is 0 Å². The van der Waals surface area contributed by atoms with Gasteiger partial charge in [-0.3, -0.25) is 4.79 Å². The number of aldehydes is 1. The summed E-state index contributed by atoms with van der Waals surface area (Å²) in [6, 6.07) is 14.9. The quantitative estimate of drug-likeness (QED) is 0.326. The molecule has 4 atom stereocenters. The van der Waals surface area contributed by atoms with E-state index in [-0.39, 0.29) is 36.4 Å². The van der Waals surface area contributed by atoms with E-state index in [4.69, 9.17) is 32.8 Å². The molecule has 8 heteroatoms. The molecule has 1 aliphatic heterocycles. The molecule has 4 unspecified atom stereocenters. The van der Waals surface area contributed by atoms with Gasteiger partial charge in [0.2, 0.25) is 0 Å². The Morgan fingerprint density at radius 1 is 0.917 bits per heavy atom. The lowest BCUT2D eigenvalue weighted by Gasteiger charge is -2.29. The molecule has 0 bridgehead atoms. The van der Waals surface area contributed by atoms with Crippen molar-refractivity contribution < 1.29 is 37.6 Å². The van der Waals surface area contributed by atoms with Crippen LogP contribution in [0, 0.1) is 11.8 Å². The zero-order chi connectivity index (χ0) is 25.7. The van der Waals surface area contributed by atoms with E-state index in [1.807, 2.05) is 36.4 Å². The number of methoxy groups -OCH3 is 4. The summed E-state index contributed by atoms with van der Waals surface area (Å²) in [5.41, 5.74) is 1.89. The summed E-state index contributed by atoms with van der Waals surface area (Å²) in [6.45, 7) is 2.83. The zero-order valence-electron chi connectivity index (χ0n) is 21.2. The minimum absolute atomic E-state index is 0.00546. The molecule has 2 aromatic carbocycles. The molecule has 192 valence electrons. The zero-order valence-corrected chi connectivity index (χ0v) is 21.2. The normalized spacial score (nSPS) is 20.1. The molecule has 2 heterocycles. The summed E-state index contributed by atoms with van der Waals surface area (Å²) in [7, 11) is 6.47. The van der Waals surface area contributed by atoms with Gasteiger partial charge in [-0.15, -0.1) is 0 Å². The van der Waals surface area contributed by atoms with Crippen LogP contribution in [-0.4, -0.2) is 41.3 Å². The van der Waals surface area contributed by atoms with Crippen molar-refractivity contribution in [3.05, 3.63) is 71.2 Å². The van der Waals surface area contributed by atoms with E-state index >= 15 is 0 Å². The van der Waals surface area contributed by atoms with Crippen molar-refractivity contribution in [3.63, 3.8) is 0 Å². The van der Waals surface area contributed by atoms with Gasteiger partial charge in [0, 0.05) is 17.5 Å². The minimum atomic E-state index is -0.365. The molecule has 0 radical (unpaired) electrons. The molecule has 3 aromatic rings. The third-order valence-corrected chi connectivity index (χ3v) is 6.70. The highest BCUT2D eigenvalue weighted by molar-refractivity contribution is 5.70. The fourth-order valence-electron chi connectivity index (χ4n) is 4.74. The molecule has 0 spiro atoms. The fourth-order valence-corrected chi connectivity index (χ4v) is 4.74. The largest absolute Gasteiger partial charge is 0.497 e. The first kappa shape index (κ1) is 25.6. The smallest absolute Gasteiger partial charge is 0.185 e. The van der Waals surface area contributed by atoms with E-state index in [0.717, 1.165) is 11.1 Å². The predicted molar refractivity (Wildman–Crippen MR) is 132 cm³/mol. The van der Waals surface area contributed by atoms with E-state index in [1.54, 1.807) is 40.6 Å². The molecule has 1 aliphatic rings. The molecular formula is C28H32O8. The van der Waals surface area contributed by atoms with E-state index in [2.05, 4.69) is 6.92 Å². The molecule has 36 heavy (non-hydrogen) atoms. The maximum atomic E-state index is 11.0. The Balaban J connectivity index is 1.64. The predicted octanol–water partition coefficient (Wildman–Crippen LogP) is 5.41. The first-order chi connectivity index (χ1) is 17.5. The van der Waals surface area contributed by atoms with Crippen molar-refractivity contribution >= 4 is 6.29 Å². The van der Waals surface area contributed by atoms with Crippen LogP contribution in [0.1, 0.15) is 46.6 Å². The summed E-state index contributed by atoms with van der Waals surface area (Å²) >= 11 is 0. The second-order valence-corrected chi connectivity index (χ2v) is 8.65. The molecule has 1 aromatic heterocycles. The van der Waals surface area contributed by atoms with Crippen LogP contribution in [0.5, 0.6) is 23.0 Å². The van der Waals surface area contributed by atoms with Crippen molar-refractivity contribution in [2.24, 2.45) is 11.8 Å². The summed E-state index contributed by atoms with van der Waals surface area (Å²) < 4.78 is 40.3. The van der Waals surface area contributed by atoms with Crippen molar-refractivity contribution in [1.82, 2.24) is 0 Å². The summed E-state index contributed by atoms with van der Waals surface area (Å²) in [4.78, 5) is 11.0. The fraction of sp³-hybridized carbons (Fsp3) is 0.393. The van der Waals surface area contributed by atoms with Gasteiger partial charge < -0.3 is 32.8 Å². The number of rotatable bonds is 11. The van der Waals surface area contributed by atoms with E-state index < -0.39 is 0 Å². The summed E-state index contributed by atoms with van der Waals surface area (Å²) in [6.07, 6.45) is 0.153. The molecule has 1 fully saturated rings. The molecule has 0 saturated carbocycles. The van der Waals surface area contributed by atoms with Gasteiger partial charge in [-0.2, -0.15) is 0 Å². The van der Waals surface area contributed by atoms with Gasteiger partial charge in [0.15, 0.2) is 23.5 Å². The Morgan fingerprint density at radius 2 is 1.69 bits per heavy atom. The van der Waals surface area contributed by atoms with Crippen LogP contribution < -0.4 is 18.9 Å². The van der Waals surface area contributed by atoms with Crippen molar-refractivity contribution in [2.75, 3.05) is 35.0 Å². The highest BCUT2D eigenvalue weighted by Crippen LogP contribution is 2.48. The highest BCUT2D eigenvalue weighted by atomic mass is 16.5. The van der Waals surface area contributed by atoms with Crippen LogP contribution in [0.15, 0.2) is 52.9 Å². The maximum Gasteiger partial charge on any atom is 0.185 e. The van der Waals surface area contributed by atoms with Gasteiger partial charge in [0.25, 0.3) is 0 Å². The van der Waals surface area contributed by atoms with Gasteiger partial charge in [-0.25, -0.2) is 0 Å². The monoisotopic (exact) mass is 496 g/mol. The molecule has 0 amide bonds. The number of carbonyl (C=O) groups is 1. The third-order valence-electron chi connectivity index (χ3n) is 6.70. The second kappa shape index (κ2) is 11.5. The first-order valence-corrected chi connectivity index (χ1v) is 11.7. The number of carbonyl (C=O) groups excluding carboxylic acids is 1. The Kier molecular flexibility index (Phi) is 8.18. The number of hydrogen-bond donors (Lipinski definition) is 0. The number of hydrogen-bond acceptors (Lipinski definition) is 8. The first-order valence-electron chi connectivity index (χ1n) is 11.7. The SMILES string of the molecule is COc1ccc(C(OCc2ccc(C=O)o2)C2COC(c3ccc(OC)c(OC)c3)C2C)c(OC)c1. The number of ether oxygens (including phenoxy) is 6. The Morgan fingerprint density at radius 3 is 2.36 bits per heavy atom. The Labute approximate surface area is 211 Å². The number of furan rings is 1. The van der Waals surface area contributed by atoms with E-state index in [0.29, 0.717) is 41.7 Å². The lowest BCUT2D eigenvalue weighted by molar-refractivity contribution is -0.0197. The standard InChI is InChI=1S/C28H32O8/c1-17-23(16-35-27(17)18-6-11-24(31-3)26(12-18)33-5)28(34-15-21-8-7-20(14-29)36-21)22-10-9-19(30-2)13-25(22)32-4/h6-14,17,23,27-28H,15-16H2,1-5H3. The van der Waals surface area contributed by atoms with Crippen LogP contribution >= 0.6 is 0 Å². The summed E-state index contributed by atoms with van der Waals surface area (Å²) in [5, 5.41) is 0. The van der Waals surface area contributed by atoms with Crippen LogP contribution in [0.4, 0.5) is 0 Å². The Bertz CT molecular complexity index is 1170. The van der Waals surface area contributed by atoms with Crippen LogP contribution in [0.2, 0.25) is 0 Å². The Hall–Kier alpha value is -3.49. The van der Waals surface area contributed by atoms with Gasteiger partial charge in [-0.05, 0) is 47.9 Å². The molecule has 0 N–H and O–H groups in total. The lowest BCUT2D eigenvalue weighted by Crippen LogP contribution is -2.23. The average molecular weight is 497 g/mol. The second-order valence-electron chi connectivity index (χ2n) is 8.65. The van der Waals surface area contributed by atoms with E-state index in [9.17, 15) is 4.79 Å². The van der Waals surface area contributed by atoms with Gasteiger partial charge in [-0.1, -0.05) is 13.0 Å². The molecular weight excluding hydrogens is 464 g/mol. The topological polar surface area (TPSA) is 85.6 Å². The number of benzene rings is 2. The molecule has 1 saturated heterocycles. The van der Waals surface area contributed by atoms with Gasteiger partial charge in [0.05, 0.1) is 47.3 Å². The minimum Gasteiger partial charge on any atom is -0.497 e. The average Bonchev–Trinajstić information content (AvgIpc) is 3.55. The summed E-state index contributed by atoms with van der Waals surface area (Å²) in [5.74, 6) is 3.61. The maximum absolute atomic E-state index is 11.0.